The number of benzene rings is 2. The average Bonchev–Trinajstić information content (AvgIpc) is 2.73. The van der Waals surface area contributed by atoms with Crippen LogP contribution in [0.5, 0.6) is 5.75 Å². The number of fused-ring (bicyclic) bond motifs is 1. The highest BCUT2D eigenvalue weighted by Gasteiger charge is 2.26. The lowest BCUT2D eigenvalue weighted by atomic mass is 9.79. The summed E-state index contributed by atoms with van der Waals surface area (Å²) in [5.41, 5.74) is -3.56. The number of anilines is 1. The number of pyridine rings is 1. The number of carbonyl (C=O) groups is 1. The van der Waals surface area contributed by atoms with Crippen molar-refractivity contribution >= 4 is 22.5 Å². The molecule has 29 heavy (non-hydrogen) atoms. The topological polar surface area (TPSA) is 82.2 Å². The second kappa shape index (κ2) is 7.07. The van der Waals surface area contributed by atoms with Crippen LogP contribution in [0.4, 0.5) is 5.69 Å². The first-order chi connectivity index (χ1) is 16.5. The third kappa shape index (κ3) is 4.04. The van der Waals surface area contributed by atoms with Gasteiger partial charge in [0.15, 0.2) is 0 Å². The number of aromatic nitrogens is 1. The molecule has 0 radical (unpaired) electrons. The monoisotopic (exact) mass is 399 g/mol. The molecule has 3 rings (SSSR count). The lowest BCUT2D eigenvalue weighted by Gasteiger charge is -2.28. The molecule has 0 atom stereocenters. The van der Waals surface area contributed by atoms with Crippen molar-refractivity contribution in [3.63, 3.8) is 0 Å². The van der Waals surface area contributed by atoms with Crippen molar-refractivity contribution < 1.29 is 19.5 Å². The van der Waals surface area contributed by atoms with Gasteiger partial charge in [0.25, 0.3) is 5.91 Å². The smallest absolute Gasteiger partial charge is 0.261 e. The molecule has 0 saturated heterocycles. The van der Waals surface area contributed by atoms with Crippen LogP contribution in [-0.4, -0.2) is 16.0 Å². The van der Waals surface area contributed by atoms with Crippen molar-refractivity contribution in [2.45, 2.75) is 52.2 Å². The molecule has 2 aromatic carbocycles. The molecular weight excluding hydrogens is 364 g/mol. The molecule has 0 fully saturated rings. The molecule has 1 aromatic heterocycles. The Morgan fingerprint density at radius 3 is 2.48 bits per heavy atom. The van der Waals surface area contributed by atoms with Gasteiger partial charge in [-0.15, -0.1) is 0 Å². The molecule has 0 unspecified atom stereocenters. The highest BCUT2D eigenvalue weighted by Crippen LogP contribution is 2.39. The van der Waals surface area contributed by atoms with Crippen LogP contribution in [0.15, 0.2) is 47.4 Å². The van der Waals surface area contributed by atoms with Crippen molar-refractivity contribution in [3.8, 4) is 5.75 Å². The fourth-order valence-corrected chi connectivity index (χ4v) is 3.18. The van der Waals surface area contributed by atoms with Crippen molar-refractivity contribution in [1.82, 2.24) is 4.98 Å². The number of phenolic OH excluding ortho intramolecular Hbond substituents is 1. The van der Waals surface area contributed by atoms with Gasteiger partial charge in [0, 0.05) is 38.4 Å². The van der Waals surface area contributed by atoms with Crippen molar-refractivity contribution in [2.24, 2.45) is 0 Å². The Hall–Kier alpha value is -3.08. The first kappa shape index (κ1) is 13.2. The van der Waals surface area contributed by atoms with E-state index in [1.807, 2.05) is 0 Å². The number of H-pyrrole nitrogens is 1. The summed E-state index contributed by atoms with van der Waals surface area (Å²) in [5.74, 6) is -1.46. The van der Waals surface area contributed by atoms with Crippen LogP contribution in [0, 0.1) is 0 Å². The molecule has 0 saturated carbocycles. The zero-order valence-corrected chi connectivity index (χ0v) is 16.5. The van der Waals surface area contributed by atoms with Gasteiger partial charge in [-0.2, -0.15) is 0 Å². The maximum atomic E-state index is 13.1. The summed E-state index contributed by atoms with van der Waals surface area (Å²) >= 11 is 0. The molecule has 0 aliphatic rings. The van der Waals surface area contributed by atoms with E-state index in [0.717, 1.165) is 6.07 Å². The van der Waals surface area contributed by atoms with E-state index >= 15 is 0 Å². The SMILES string of the molecule is [2H]CC(c1cc(C(C)(C)C)c(NC(=O)c2c[nH]c3ccccc3c2=O)cc1O)(C([2H])([2H])[2H])C([2H])([2H])[2H]. The number of aromatic hydroxyl groups is 1. The third-order valence-corrected chi connectivity index (χ3v) is 4.68. The quantitative estimate of drug-likeness (QED) is 0.562. The fraction of sp³-hybridized carbons (Fsp3) is 0.333. The van der Waals surface area contributed by atoms with E-state index in [0.29, 0.717) is 16.5 Å². The molecule has 0 spiro atoms. The first-order valence-electron chi connectivity index (χ1n) is 12.8. The van der Waals surface area contributed by atoms with Gasteiger partial charge >= 0.3 is 0 Å². The molecule has 5 heteroatoms. The minimum Gasteiger partial charge on any atom is -0.508 e. The third-order valence-electron chi connectivity index (χ3n) is 4.68. The van der Waals surface area contributed by atoms with E-state index in [1.54, 1.807) is 45.0 Å². The fourth-order valence-electron chi connectivity index (χ4n) is 3.18. The van der Waals surface area contributed by atoms with E-state index in [4.69, 9.17) is 9.60 Å². The molecule has 152 valence electrons. The van der Waals surface area contributed by atoms with Gasteiger partial charge < -0.3 is 15.4 Å². The zero-order valence-electron chi connectivity index (χ0n) is 23.5. The Balaban J connectivity index is 2.20. The lowest BCUT2D eigenvalue weighted by Crippen LogP contribution is -2.25. The summed E-state index contributed by atoms with van der Waals surface area (Å²) in [6.07, 6.45) is 1.28. The maximum absolute atomic E-state index is 13.1. The number of nitrogens with one attached hydrogen (secondary N) is 2. The van der Waals surface area contributed by atoms with Crippen LogP contribution in [0.25, 0.3) is 10.9 Å². The summed E-state index contributed by atoms with van der Waals surface area (Å²) in [6.45, 7) is -2.04. The highest BCUT2D eigenvalue weighted by molar-refractivity contribution is 6.06. The van der Waals surface area contributed by atoms with E-state index < -0.39 is 54.1 Å². The van der Waals surface area contributed by atoms with Gasteiger partial charge in [0.05, 0.1) is 0 Å². The molecule has 1 amide bonds. The maximum Gasteiger partial charge on any atom is 0.261 e. The number of amides is 1. The van der Waals surface area contributed by atoms with E-state index in [1.165, 1.54) is 12.3 Å². The molecular formula is C24H28N2O3. The summed E-state index contributed by atoms with van der Waals surface area (Å²) in [4.78, 5) is 28.9. The van der Waals surface area contributed by atoms with Crippen LogP contribution < -0.4 is 10.7 Å². The van der Waals surface area contributed by atoms with Gasteiger partial charge in [0.1, 0.15) is 11.3 Å². The minimum absolute atomic E-state index is 0.0799. The van der Waals surface area contributed by atoms with Gasteiger partial charge in [0.2, 0.25) is 5.43 Å². The number of hydrogen-bond donors (Lipinski definition) is 3. The standard InChI is InChI=1S/C24H28N2O3/c1-23(2,3)16-11-17(24(4,5)6)20(27)12-19(16)26-22(29)15-13-25-18-10-8-7-9-14(18)21(15)28/h7-13,27H,1-6H3,(H,25,28)(H,26,29)/i4D,5D3,6D3. The zero-order chi connectivity index (χ0) is 27.3. The van der Waals surface area contributed by atoms with Crippen molar-refractivity contribution in [3.05, 3.63) is 69.5 Å². The predicted octanol–water partition coefficient (Wildman–Crippen LogP) is 5.08. The number of carbonyl (C=O) groups excluding carboxylic acids is 1. The number of hydrogen-bond acceptors (Lipinski definition) is 3. The summed E-state index contributed by atoms with van der Waals surface area (Å²) < 4.78 is 55.6. The second-order valence-electron chi connectivity index (χ2n) is 8.10. The number of phenols is 1. The predicted molar refractivity (Wildman–Crippen MR) is 118 cm³/mol. The molecule has 0 bridgehead atoms. The van der Waals surface area contributed by atoms with Gasteiger partial charge in [-0.25, -0.2) is 0 Å². The number of rotatable bonds is 2. The highest BCUT2D eigenvalue weighted by atomic mass is 16.3. The molecule has 3 aromatic rings. The number of aromatic amines is 1. The molecule has 0 aliphatic carbocycles. The van der Waals surface area contributed by atoms with Crippen molar-refractivity contribution in [2.75, 3.05) is 5.32 Å². The van der Waals surface area contributed by atoms with Crippen LogP contribution in [0.3, 0.4) is 0 Å². The normalized spacial score (nSPS) is 16.6. The van der Waals surface area contributed by atoms with Crippen LogP contribution in [0.1, 0.15) is 72.5 Å². The Morgan fingerprint density at radius 1 is 1.10 bits per heavy atom. The summed E-state index contributed by atoms with van der Waals surface area (Å²) in [6, 6.07) is 8.99. The van der Waals surface area contributed by atoms with E-state index in [9.17, 15) is 14.7 Å². The minimum atomic E-state index is -3.14. The van der Waals surface area contributed by atoms with Crippen LogP contribution in [-0.2, 0) is 10.8 Å². The largest absolute Gasteiger partial charge is 0.508 e. The second-order valence-corrected chi connectivity index (χ2v) is 8.10. The molecule has 5 nitrogen and oxygen atoms in total. The van der Waals surface area contributed by atoms with Gasteiger partial charge in [-0.1, -0.05) is 53.5 Å². The Kier molecular flexibility index (Phi) is 3.22. The summed E-state index contributed by atoms with van der Waals surface area (Å²) in [5, 5.41) is 13.8. The van der Waals surface area contributed by atoms with E-state index in [-0.39, 0.29) is 11.3 Å². The van der Waals surface area contributed by atoms with Crippen LogP contribution in [0.2, 0.25) is 0 Å². The van der Waals surface area contributed by atoms with Crippen molar-refractivity contribution in [1.29, 1.82) is 0 Å². The number of para-hydroxylation sites is 1. The Morgan fingerprint density at radius 2 is 1.83 bits per heavy atom. The average molecular weight is 400 g/mol. The lowest BCUT2D eigenvalue weighted by molar-refractivity contribution is 0.102. The Bertz CT molecular complexity index is 1360. The van der Waals surface area contributed by atoms with Crippen LogP contribution >= 0.6 is 0 Å². The van der Waals surface area contributed by atoms with Gasteiger partial charge in [-0.05, 0) is 40.2 Å². The summed E-state index contributed by atoms with van der Waals surface area (Å²) in [7, 11) is 0. The first-order valence-corrected chi connectivity index (χ1v) is 9.04. The van der Waals surface area contributed by atoms with E-state index in [2.05, 4.69) is 10.3 Å². The Labute approximate surface area is 180 Å². The molecule has 1 heterocycles. The molecule has 0 aliphatic heterocycles. The van der Waals surface area contributed by atoms with Gasteiger partial charge in [-0.3, -0.25) is 9.59 Å². The molecule has 3 N–H and O–H groups in total.